The molecule has 1 aromatic heterocycles. The number of benzene rings is 1. The van der Waals surface area contributed by atoms with Crippen molar-refractivity contribution >= 4 is 34.5 Å². The van der Waals surface area contributed by atoms with Gasteiger partial charge >= 0.3 is 0 Å². The van der Waals surface area contributed by atoms with Crippen molar-refractivity contribution in [2.75, 3.05) is 0 Å². The number of para-hydroxylation sites is 1. The van der Waals surface area contributed by atoms with Gasteiger partial charge in [0.1, 0.15) is 11.8 Å². The second kappa shape index (κ2) is 9.74. The minimum Gasteiger partial charge on any atom is -1.00 e. The van der Waals surface area contributed by atoms with E-state index in [1.165, 1.54) is 12.5 Å². The summed E-state index contributed by atoms with van der Waals surface area (Å²) in [4.78, 5) is 12.0. The predicted molar refractivity (Wildman–Crippen MR) is 70.0 cm³/mol. The molecular formula is C11H9Cl2CuN3O2S-2. The Morgan fingerprint density at radius 3 is 2.65 bits per heavy atom. The van der Waals surface area contributed by atoms with Crippen molar-refractivity contribution in [3.8, 4) is 0 Å². The third kappa shape index (κ3) is 5.11. The van der Waals surface area contributed by atoms with Crippen LogP contribution in [0.15, 0.2) is 44.8 Å². The Labute approximate surface area is 143 Å². The first-order chi connectivity index (χ1) is 8.18. The number of nitrogens with zero attached hydrogens (tertiary/aromatic N) is 1. The number of nitrogens with two attached hydrogens (primary N) is 1. The fraction of sp³-hybridized carbons (Fsp3) is 0. The van der Waals surface area contributed by atoms with Crippen LogP contribution in [0.5, 0.6) is 0 Å². The molecule has 113 valence electrons. The zero-order valence-corrected chi connectivity index (χ0v) is 13.0. The molecule has 0 aliphatic heterocycles. The second-order valence-corrected chi connectivity index (χ2v) is 3.69. The van der Waals surface area contributed by atoms with Crippen LogP contribution in [0.4, 0.5) is 0 Å². The first-order valence-corrected chi connectivity index (χ1v) is 5.18. The topological polar surface area (TPSA) is 80.6 Å². The van der Waals surface area contributed by atoms with E-state index in [4.69, 9.17) is 10.2 Å². The summed E-state index contributed by atoms with van der Waals surface area (Å²) in [5, 5.41) is 4.25. The SMILES string of the molecule is NC(=S)N/N=C/c1coc2ccccc2c1=O.[Cl-].[Cl-].[Cu]. The Balaban J connectivity index is 0. The Bertz CT molecular complexity index is 663. The van der Waals surface area contributed by atoms with E-state index in [0.717, 1.165) is 0 Å². The monoisotopic (exact) mass is 380 g/mol. The fourth-order valence-corrected chi connectivity index (χ4v) is 1.40. The Morgan fingerprint density at radius 1 is 1.35 bits per heavy atom. The van der Waals surface area contributed by atoms with Crippen LogP contribution in [0.1, 0.15) is 5.56 Å². The van der Waals surface area contributed by atoms with Gasteiger partial charge in [-0.3, -0.25) is 10.2 Å². The van der Waals surface area contributed by atoms with Crippen molar-refractivity contribution in [3.63, 3.8) is 0 Å². The number of nitrogens with one attached hydrogen (secondary N) is 1. The Morgan fingerprint density at radius 2 is 2.00 bits per heavy atom. The maximum absolute atomic E-state index is 12.0. The molecule has 0 spiro atoms. The summed E-state index contributed by atoms with van der Waals surface area (Å²) in [5.74, 6) is 0. The van der Waals surface area contributed by atoms with Gasteiger partial charge in [0.25, 0.3) is 0 Å². The molecule has 2 rings (SSSR count). The van der Waals surface area contributed by atoms with Crippen LogP contribution in [0, 0.1) is 0 Å². The molecular weight excluding hydrogens is 373 g/mol. The molecule has 5 nitrogen and oxygen atoms in total. The summed E-state index contributed by atoms with van der Waals surface area (Å²) in [6, 6.07) is 6.99. The molecule has 0 atom stereocenters. The summed E-state index contributed by atoms with van der Waals surface area (Å²) >= 11 is 4.57. The van der Waals surface area contributed by atoms with Gasteiger partial charge in [0.05, 0.1) is 17.2 Å². The van der Waals surface area contributed by atoms with Crippen LogP contribution in [0.25, 0.3) is 11.0 Å². The van der Waals surface area contributed by atoms with Gasteiger partial charge in [-0.2, -0.15) is 5.10 Å². The van der Waals surface area contributed by atoms with Crippen molar-refractivity contribution in [2.24, 2.45) is 10.8 Å². The van der Waals surface area contributed by atoms with Crippen LogP contribution in [-0.4, -0.2) is 11.3 Å². The van der Waals surface area contributed by atoms with Crippen molar-refractivity contribution < 1.29 is 46.3 Å². The van der Waals surface area contributed by atoms with Gasteiger partial charge in [0.2, 0.25) is 5.43 Å². The molecule has 0 aliphatic carbocycles. The molecule has 2 aromatic rings. The van der Waals surface area contributed by atoms with E-state index in [1.807, 2.05) is 0 Å². The number of hydrazone groups is 1. The largest absolute Gasteiger partial charge is 1.00 e. The molecule has 3 N–H and O–H groups in total. The van der Waals surface area contributed by atoms with E-state index in [-0.39, 0.29) is 52.4 Å². The minimum atomic E-state index is -0.152. The summed E-state index contributed by atoms with van der Waals surface area (Å²) in [6.45, 7) is 0. The van der Waals surface area contributed by atoms with E-state index >= 15 is 0 Å². The Hall–Kier alpha value is -1.11. The van der Waals surface area contributed by atoms with Gasteiger partial charge in [-0.15, -0.1) is 0 Å². The fourth-order valence-electron chi connectivity index (χ4n) is 1.35. The second-order valence-electron chi connectivity index (χ2n) is 3.25. The smallest absolute Gasteiger partial charge is 0.201 e. The molecule has 1 aromatic carbocycles. The molecule has 9 heteroatoms. The van der Waals surface area contributed by atoms with E-state index in [9.17, 15) is 4.79 Å². The molecule has 0 saturated carbocycles. The molecule has 0 saturated heterocycles. The maximum Gasteiger partial charge on any atom is 0.201 e. The number of hydrogen-bond donors (Lipinski definition) is 2. The van der Waals surface area contributed by atoms with Crippen LogP contribution >= 0.6 is 12.2 Å². The zero-order valence-electron chi connectivity index (χ0n) is 9.77. The molecule has 0 bridgehead atoms. The van der Waals surface area contributed by atoms with Gasteiger partial charge in [0.15, 0.2) is 5.11 Å². The number of hydrogen-bond acceptors (Lipinski definition) is 4. The van der Waals surface area contributed by atoms with E-state index in [0.29, 0.717) is 16.5 Å². The average molecular weight is 382 g/mol. The Kier molecular flexibility index (Phi) is 10.3. The summed E-state index contributed by atoms with van der Waals surface area (Å²) in [7, 11) is 0. The minimum absolute atomic E-state index is 0. The summed E-state index contributed by atoms with van der Waals surface area (Å²) in [5.41, 5.74) is 8.27. The van der Waals surface area contributed by atoms with Gasteiger partial charge in [0, 0.05) is 17.1 Å². The molecule has 1 radical (unpaired) electrons. The van der Waals surface area contributed by atoms with E-state index in [1.54, 1.807) is 24.3 Å². The van der Waals surface area contributed by atoms with Crippen molar-refractivity contribution in [1.29, 1.82) is 0 Å². The number of thiocarbonyl (C=S) groups is 1. The maximum atomic E-state index is 12.0. The first kappa shape index (κ1) is 21.2. The molecule has 0 aliphatic rings. The third-order valence-corrected chi connectivity index (χ3v) is 2.18. The standard InChI is InChI=1S/C11H9N3O2S.2ClH.Cu/c12-11(17)14-13-5-7-6-16-9-4-2-1-3-8(9)10(7)15;;;/h1-6H,(H3,12,14,17);2*1H;/p-2/b13-5+;;;. The van der Waals surface area contributed by atoms with Crippen LogP contribution in [-0.2, 0) is 17.1 Å². The van der Waals surface area contributed by atoms with Crippen molar-refractivity contribution in [1.82, 2.24) is 5.43 Å². The zero-order chi connectivity index (χ0) is 12.3. The summed E-state index contributed by atoms with van der Waals surface area (Å²) in [6.07, 6.45) is 2.66. The molecule has 0 amide bonds. The van der Waals surface area contributed by atoms with Crippen LogP contribution < -0.4 is 41.4 Å². The van der Waals surface area contributed by atoms with Gasteiger partial charge in [-0.25, -0.2) is 0 Å². The van der Waals surface area contributed by atoms with Crippen LogP contribution in [0.3, 0.4) is 0 Å². The number of halogens is 2. The normalized spacial score (nSPS) is 9.20. The first-order valence-electron chi connectivity index (χ1n) is 4.77. The number of fused-ring (bicyclic) bond motifs is 1. The third-order valence-electron chi connectivity index (χ3n) is 2.09. The van der Waals surface area contributed by atoms with Gasteiger partial charge in [-0.1, -0.05) is 12.1 Å². The number of rotatable bonds is 2. The molecule has 0 fully saturated rings. The van der Waals surface area contributed by atoms with Gasteiger partial charge < -0.3 is 35.0 Å². The molecule has 20 heavy (non-hydrogen) atoms. The van der Waals surface area contributed by atoms with E-state index in [2.05, 4.69) is 22.7 Å². The van der Waals surface area contributed by atoms with Crippen molar-refractivity contribution in [2.45, 2.75) is 0 Å². The van der Waals surface area contributed by atoms with E-state index < -0.39 is 0 Å². The molecule has 1 heterocycles. The summed E-state index contributed by atoms with van der Waals surface area (Å²) < 4.78 is 5.30. The predicted octanol–water partition coefficient (Wildman–Crippen LogP) is -5.03. The average Bonchev–Trinajstić information content (AvgIpc) is 2.32. The van der Waals surface area contributed by atoms with Crippen LogP contribution in [0.2, 0.25) is 0 Å². The van der Waals surface area contributed by atoms with Crippen molar-refractivity contribution in [3.05, 3.63) is 46.3 Å². The molecule has 0 unspecified atom stereocenters. The quantitative estimate of drug-likeness (QED) is 0.236. The van der Waals surface area contributed by atoms with Gasteiger partial charge in [-0.05, 0) is 24.4 Å².